The number of nitrogens with zero attached hydrogens (tertiary/aromatic N) is 3. The fourth-order valence-corrected chi connectivity index (χ4v) is 2.31. The highest BCUT2D eigenvalue weighted by Crippen LogP contribution is 2.20. The zero-order valence-electron chi connectivity index (χ0n) is 7.00. The number of anilines is 1. The first-order valence-electron chi connectivity index (χ1n) is 4.21. The van der Waals surface area contributed by atoms with Crippen molar-refractivity contribution >= 4 is 40.0 Å². The van der Waals surface area contributed by atoms with Crippen molar-refractivity contribution in [1.29, 1.82) is 0 Å². The van der Waals surface area contributed by atoms with Gasteiger partial charge in [0.15, 0.2) is 0 Å². The van der Waals surface area contributed by atoms with Gasteiger partial charge in [0.2, 0.25) is 5.28 Å². The largest absolute Gasteiger partial charge is 0.356 e. The molecule has 5 heteroatoms. The summed E-state index contributed by atoms with van der Waals surface area (Å²) in [6.45, 7) is 2.17. The molecule has 3 nitrogen and oxygen atoms in total. The van der Waals surface area contributed by atoms with Crippen molar-refractivity contribution in [3.05, 3.63) is 15.1 Å². The lowest BCUT2D eigenvalue weighted by molar-refractivity contribution is 0.923. The van der Waals surface area contributed by atoms with Crippen molar-refractivity contribution in [2.45, 2.75) is 12.8 Å². The average Bonchev–Trinajstić information content (AvgIpc) is 2.53. The minimum atomic E-state index is 0.341. The molecule has 0 unspecified atom stereocenters. The molecule has 1 aromatic rings. The van der Waals surface area contributed by atoms with E-state index in [1.807, 2.05) is 6.07 Å². The molecule has 0 bridgehead atoms. The SMILES string of the molecule is Clc1nc(I)cc(N2CCCC2)n1. The van der Waals surface area contributed by atoms with Gasteiger partial charge in [-0.05, 0) is 47.0 Å². The molecule has 0 saturated carbocycles. The summed E-state index contributed by atoms with van der Waals surface area (Å²) < 4.78 is 0.902. The zero-order valence-corrected chi connectivity index (χ0v) is 9.92. The number of hydrogen-bond donors (Lipinski definition) is 0. The van der Waals surface area contributed by atoms with Crippen LogP contribution in [0.3, 0.4) is 0 Å². The maximum Gasteiger partial charge on any atom is 0.225 e. The summed E-state index contributed by atoms with van der Waals surface area (Å²) in [5.41, 5.74) is 0. The Balaban J connectivity index is 2.28. The molecule has 13 heavy (non-hydrogen) atoms. The average molecular weight is 310 g/mol. The first kappa shape index (κ1) is 9.45. The molecule has 0 aromatic carbocycles. The first-order valence-corrected chi connectivity index (χ1v) is 5.66. The molecule has 2 rings (SSSR count). The lowest BCUT2D eigenvalue weighted by Gasteiger charge is -2.15. The second-order valence-corrected chi connectivity index (χ2v) is 4.46. The molecular formula is C8H9ClIN3. The van der Waals surface area contributed by atoms with Gasteiger partial charge in [0, 0.05) is 19.2 Å². The normalized spacial score (nSPS) is 16.6. The van der Waals surface area contributed by atoms with E-state index in [1.165, 1.54) is 12.8 Å². The lowest BCUT2D eigenvalue weighted by atomic mass is 10.4. The Bertz CT molecular complexity index is 292. The van der Waals surface area contributed by atoms with Crippen LogP contribution in [0, 0.1) is 3.70 Å². The summed E-state index contributed by atoms with van der Waals surface area (Å²) in [4.78, 5) is 10.5. The third kappa shape index (κ3) is 2.22. The van der Waals surface area contributed by atoms with E-state index in [1.54, 1.807) is 0 Å². The van der Waals surface area contributed by atoms with Crippen LogP contribution in [0.2, 0.25) is 5.28 Å². The molecule has 0 N–H and O–H groups in total. The van der Waals surface area contributed by atoms with Crippen molar-refractivity contribution in [3.8, 4) is 0 Å². The van der Waals surface area contributed by atoms with E-state index in [0.717, 1.165) is 22.6 Å². The summed E-state index contributed by atoms with van der Waals surface area (Å²) in [6, 6.07) is 1.97. The van der Waals surface area contributed by atoms with E-state index in [0.29, 0.717) is 5.28 Å². The smallest absolute Gasteiger partial charge is 0.225 e. The molecule has 1 aliphatic heterocycles. The van der Waals surface area contributed by atoms with Gasteiger partial charge in [-0.2, -0.15) is 0 Å². The molecule has 0 radical (unpaired) electrons. The zero-order chi connectivity index (χ0) is 9.26. The summed E-state index contributed by atoms with van der Waals surface area (Å²) in [6.07, 6.45) is 2.50. The Morgan fingerprint density at radius 2 is 2.00 bits per heavy atom. The second kappa shape index (κ2) is 3.96. The highest BCUT2D eigenvalue weighted by Gasteiger charge is 2.14. The highest BCUT2D eigenvalue weighted by atomic mass is 127. The van der Waals surface area contributed by atoms with E-state index in [9.17, 15) is 0 Å². The molecule has 0 amide bonds. The summed E-state index contributed by atoms with van der Waals surface area (Å²) in [5, 5.41) is 0.341. The van der Waals surface area contributed by atoms with Crippen molar-refractivity contribution in [3.63, 3.8) is 0 Å². The van der Waals surface area contributed by atoms with Crippen LogP contribution in [0.4, 0.5) is 5.82 Å². The van der Waals surface area contributed by atoms with Crippen molar-refractivity contribution in [2.75, 3.05) is 18.0 Å². The Morgan fingerprint density at radius 3 is 2.62 bits per heavy atom. The van der Waals surface area contributed by atoms with Gasteiger partial charge in [0.1, 0.15) is 9.52 Å². The van der Waals surface area contributed by atoms with Gasteiger partial charge in [-0.1, -0.05) is 0 Å². The summed E-state index contributed by atoms with van der Waals surface area (Å²) in [5.74, 6) is 0.960. The third-order valence-corrected chi connectivity index (χ3v) is 2.81. The molecule has 1 aliphatic rings. The van der Waals surface area contributed by atoms with E-state index in [4.69, 9.17) is 11.6 Å². The van der Waals surface area contributed by atoms with Crippen LogP contribution in [0.5, 0.6) is 0 Å². The highest BCUT2D eigenvalue weighted by molar-refractivity contribution is 14.1. The van der Waals surface area contributed by atoms with Crippen molar-refractivity contribution in [1.82, 2.24) is 9.97 Å². The Labute approximate surface area is 95.6 Å². The number of aromatic nitrogens is 2. The fourth-order valence-electron chi connectivity index (χ4n) is 1.49. The van der Waals surface area contributed by atoms with Gasteiger partial charge in [-0.3, -0.25) is 0 Å². The van der Waals surface area contributed by atoms with E-state index in [2.05, 4.69) is 37.5 Å². The molecule has 1 saturated heterocycles. The van der Waals surface area contributed by atoms with Crippen molar-refractivity contribution < 1.29 is 0 Å². The van der Waals surface area contributed by atoms with E-state index < -0.39 is 0 Å². The van der Waals surface area contributed by atoms with Gasteiger partial charge in [-0.15, -0.1) is 0 Å². The van der Waals surface area contributed by atoms with Gasteiger partial charge < -0.3 is 4.90 Å². The van der Waals surface area contributed by atoms with Crippen molar-refractivity contribution in [2.24, 2.45) is 0 Å². The van der Waals surface area contributed by atoms with Crippen LogP contribution in [0.15, 0.2) is 6.07 Å². The van der Waals surface area contributed by atoms with Crippen LogP contribution in [-0.4, -0.2) is 23.1 Å². The molecule has 0 atom stereocenters. The lowest BCUT2D eigenvalue weighted by Crippen LogP contribution is -2.19. The minimum absolute atomic E-state index is 0.341. The molecular weight excluding hydrogens is 300 g/mol. The number of hydrogen-bond acceptors (Lipinski definition) is 3. The monoisotopic (exact) mass is 309 g/mol. The molecule has 1 aromatic heterocycles. The van der Waals surface area contributed by atoms with Crippen LogP contribution in [-0.2, 0) is 0 Å². The second-order valence-electron chi connectivity index (χ2n) is 3.01. The van der Waals surface area contributed by atoms with Crippen LogP contribution < -0.4 is 4.90 Å². The van der Waals surface area contributed by atoms with E-state index >= 15 is 0 Å². The maximum absolute atomic E-state index is 5.77. The van der Waals surface area contributed by atoms with Crippen LogP contribution in [0.1, 0.15) is 12.8 Å². The predicted octanol–water partition coefficient (Wildman–Crippen LogP) is 2.33. The molecule has 2 heterocycles. The minimum Gasteiger partial charge on any atom is -0.356 e. The van der Waals surface area contributed by atoms with E-state index in [-0.39, 0.29) is 0 Å². The standard InChI is InChI=1S/C8H9ClIN3/c9-8-11-6(10)5-7(12-8)13-3-1-2-4-13/h5H,1-4H2. The molecule has 0 aliphatic carbocycles. The molecule has 0 spiro atoms. The number of halogens is 2. The maximum atomic E-state index is 5.77. The van der Waals surface area contributed by atoms with Crippen LogP contribution >= 0.6 is 34.2 Å². The fraction of sp³-hybridized carbons (Fsp3) is 0.500. The van der Waals surface area contributed by atoms with Gasteiger partial charge in [0.25, 0.3) is 0 Å². The first-order chi connectivity index (χ1) is 6.25. The predicted molar refractivity (Wildman–Crippen MR) is 61.2 cm³/mol. The Kier molecular flexibility index (Phi) is 2.88. The Morgan fingerprint density at radius 1 is 1.31 bits per heavy atom. The number of rotatable bonds is 1. The van der Waals surface area contributed by atoms with Crippen LogP contribution in [0.25, 0.3) is 0 Å². The topological polar surface area (TPSA) is 29.0 Å². The van der Waals surface area contributed by atoms with Gasteiger partial charge in [0.05, 0.1) is 0 Å². The van der Waals surface area contributed by atoms with Gasteiger partial charge in [-0.25, -0.2) is 9.97 Å². The molecule has 1 fully saturated rings. The summed E-state index contributed by atoms with van der Waals surface area (Å²) >= 11 is 7.93. The third-order valence-electron chi connectivity index (χ3n) is 2.08. The Hall–Kier alpha value is -0.100. The summed E-state index contributed by atoms with van der Waals surface area (Å²) in [7, 11) is 0. The molecule has 70 valence electrons. The van der Waals surface area contributed by atoms with Gasteiger partial charge >= 0.3 is 0 Å². The quantitative estimate of drug-likeness (QED) is 0.453.